The van der Waals surface area contributed by atoms with Gasteiger partial charge in [0.25, 0.3) is 11.8 Å². The van der Waals surface area contributed by atoms with Gasteiger partial charge in [0, 0.05) is 38.9 Å². The van der Waals surface area contributed by atoms with Crippen LogP contribution in [-0.4, -0.2) is 59.3 Å². The maximum atomic E-state index is 13.6. The van der Waals surface area contributed by atoms with Crippen molar-refractivity contribution in [3.63, 3.8) is 0 Å². The largest absolute Gasteiger partial charge is 0.363 e. The summed E-state index contributed by atoms with van der Waals surface area (Å²) in [4.78, 5) is 37.4. The highest BCUT2D eigenvalue weighted by Gasteiger charge is 2.41. The van der Waals surface area contributed by atoms with Gasteiger partial charge in [0.1, 0.15) is 11.5 Å². The van der Waals surface area contributed by atoms with E-state index in [1.54, 1.807) is 6.20 Å². The lowest BCUT2D eigenvalue weighted by Crippen LogP contribution is -2.48. The van der Waals surface area contributed by atoms with Crippen LogP contribution in [0.3, 0.4) is 0 Å². The first-order valence-electron chi connectivity index (χ1n) is 11.7. The third-order valence-electron chi connectivity index (χ3n) is 6.52. The molecule has 0 spiro atoms. The fourth-order valence-electron chi connectivity index (χ4n) is 4.63. The van der Waals surface area contributed by atoms with E-state index in [1.807, 2.05) is 79.7 Å². The first-order chi connectivity index (χ1) is 16.6. The molecular weight excluding hydrogens is 424 g/mol. The van der Waals surface area contributed by atoms with E-state index in [0.717, 1.165) is 35.6 Å². The zero-order valence-electron chi connectivity index (χ0n) is 19.4. The van der Waals surface area contributed by atoms with Gasteiger partial charge in [-0.3, -0.25) is 14.5 Å². The second-order valence-electron chi connectivity index (χ2n) is 8.75. The molecule has 5 rings (SSSR count). The molecule has 0 aliphatic carbocycles. The van der Waals surface area contributed by atoms with Crippen LogP contribution in [0.4, 0.5) is 5.82 Å². The van der Waals surface area contributed by atoms with Crippen molar-refractivity contribution < 1.29 is 9.59 Å². The summed E-state index contributed by atoms with van der Waals surface area (Å²) < 4.78 is 0. The molecule has 6 nitrogen and oxygen atoms in total. The SMILES string of the molecule is Cc1ccc(C2=C(N3CCN(c4ccccn4)CC3)C(=O)N(CCc3ccccc3)C2=O)cc1. The van der Waals surface area contributed by atoms with Gasteiger partial charge in [-0.05, 0) is 36.6 Å². The van der Waals surface area contributed by atoms with Crippen molar-refractivity contribution in [3.8, 4) is 0 Å². The minimum atomic E-state index is -0.202. The van der Waals surface area contributed by atoms with Crippen LogP contribution in [0.2, 0.25) is 0 Å². The monoisotopic (exact) mass is 452 g/mol. The van der Waals surface area contributed by atoms with Crippen LogP contribution in [0.15, 0.2) is 84.7 Å². The van der Waals surface area contributed by atoms with Gasteiger partial charge in [0.15, 0.2) is 0 Å². The first-order valence-corrected chi connectivity index (χ1v) is 11.7. The van der Waals surface area contributed by atoms with Crippen molar-refractivity contribution in [2.75, 3.05) is 37.6 Å². The average molecular weight is 453 g/mol. The van der Waals surface area contributed by atoms with Crippen molar-refractivity contribution in [1.82, 2.24) is 14.8 Å². The molecule has 2 aliphatic rings. The Balaban J connectivity index is 1.41. The van der Waals surface area contributed by atoms with E-state index in [2.05, 4.69) is 14.8 Å². The Bertz CT molecular complexity index is 1200. The molecule has 2 aliphatic heterocycles. The molecule has 0 saturated carbocycles. The third-order valence-corrected chi connectivity index (χ3v) is 6.52. The highest BCUT2D eigenvalue weighted by Crippen LogP contribution is 2.33. The normalized spacial score (nSPS) is 16.6. The Hall–Kier alpha value is -3.93. The minimum absolute atomic E-state index is 0.192. The number of imide groups is 1. The summed E-state index contributed by atoms with van der Waals surface area (Å²) in [5.74, 6) is 0.544. The van der Waals surface area contributed by atoms with Crippen LogP contribution in [0, 0.1) is 6.92 Å². The van der Waals surface area contributed by atoms with E-state index in [9.17, 15) is 9.59 Å². The molecule has 0 radical (unpaired) electrons. The predicted octanol–water partition coefficient (Wildman–Crippen LogP) is 3.53. The number of carbonyl (C=O) groups is 2. The van der Waals surface area contributed by atoms with E-state index < -0.39 is 0 Å². The van der Waals surface area contributed by atoms with Gasteiger partial charge >= 0.3 is 0 Å². The molecular formula is C28H28N4O2. The van der Waals surface area contributed by atoms with E-state index in [0.29, 0.717) is 37.3 Å². The smallest absolute Gasteiger partial charge is 0.277 e. The fourth-order valence-corrected chi connectivity index (χ4v) is 4.63. The Morgan fingerprint density at radius 2 is 1.44 bits per heavy atom. The third kappa shape index (κ3) is 4.31. The lowest BCUT2D eigenvalue weighted by Gasteiger charge is -2.37. The molecule has 1 fully saturated rings. The van der Waals surface area contributed by atoms with E-state index in [4.69, 9.17) is 0 Å². The average Bonchev–Trinajstić information content (AvgIpc) is 3.13. The molecule has 0 unspecified atom stereocenters. The van der Waals surface area contributed by atoms with E-state index in [1.165, 1.54) is 4.90 Å². The van der Waals surface area contributed by atoms with Crippen molar-refractivity contribution >= 4 is 23.2 Å². The zero-order valence-corrected chi connectivity index (χ0v) is 19.4. The quantitative estimate of drug-likeness (QED) is 0.536. The Morgan fingerprint density at radius 1 is 0.765 bits per heavy atom. The second-order valence-corrected chi connectivity index (χ2v) is 8.75. The number of rotatable bonds is 6. The molecule has 34 heavy (non-hydrogen) atoms. The number of aromatic nitrogens is 1. The van der Waals surface area contributed by atoms with Crippen molar-refractivity contribution in [1.29, 1.82) is 0 Å². The summed E-state index contributed by atoms with van der Waals surface area (Å²) in [6, 6.07) is 23.7. The number of pyridine rings is 1. The number of nitrogens with zero attached hydrogens (tertiary/aromatic N) is 4. The zero-order chi connectivity index (χ0) is 23.5. The number of piperazine rings is 1. The van der Waals surface area contributed by atoms with Gasteiger partial charge in [-0.15, -0.1) is 0 Å². The number of hydrogen-bond acceptors (Lipinski definition) is 5. The molecule has 0 atom stereocenters. The summed E-state index contributed by atoms with van der Waals surface area (Å²) in [5.41, 5.74) is 4.07. The van der Waals surface area contributed by atoms with Crippen LogP contribution in [0.1, 0.15) is 16.7 Å². The highest BCUT2D eigenvalue weighted by molar-refractivity contribution is 6.35. The summed E-state index contributed by atoms with van der Waals surface area (Å²) in [5, 5.41) is 0. The van der Waals surface area contributed by atoms with Gasteiger partial charge in [0.2, 0.25) is 0 Å². The Labute approximate surface area is 200 Å². The standard InChI is InChI=1S/C28H28N4O2/c1-21-10-12-23(13-11-21)25-26(31-19-17-30(18-20-31)24-9-5-6-15-29-24)28(34)32(27(25)33)16-14-22-7-3-2-4-8-22/h2-13,15H,14,16-20H2,1H3. The van der Waals surface area contributed by atoms with Gasteiger partial charge in [0.05, 0.1) is 5.57 Å². The van der Waals surface area contributed by atoms with Crippen molar-refractivity contribution in [2.24, 2.45) is 0 Å². The Morgan fingerprint density at radius 3 is 2.12 bits per heavy atom. The van der Waals surface area contributed by atoms with Gasteiger partial charge in [-0.25, -0.2) is 4.98 Å². The molecule has 6 heteroatoms. The summed E-state index contributed by atoms with van der Waals surface area (Å²) in [6.07, 6.45) is 2.43. The number of carbonyl (C=O) groups excluding carboxylic acids is 2. The number of aryl methyl sites for hydroxylation is 1. The summed E-state index contributed by atoms with van der Waals surface area (Å²) >= 11 is 0. The van der Waals surface area contributed by atoms with Crippen LogP contribution in [0.25, 0.3) is 5.57 Å². The predicted molar refractivity (Wildman–Crippen MR) is 133 cm³/mol. The van der Waals surface area contributed by atoms with Crippen molar-refractivity contribution in [2.45, 2.75) is 13.3 Å². The van der Waals surface area contributed by atoms with Gasteiger partial charge in [-0.2, -0.15) is 0 Å². The second kappa shape index (κ2) is 9.51. The number of hydrogen-bond donors (Lipinski definition) is 0. The minimum Gasteiger partial charge on any atom is -0.363 e. The molecule has 2 amide bonds. The molecule has 2 aromatic carbocycles. The molecule has 0 N–H and O–H groups in total. The van der Waals surface area contributed by atoms with Gasteiger partial charge < -0.3 is 9.80 Å². The Kier molecular flexibility index (Phi) is 6.12. The summed E-state index contributed by atoms with van der Waals surface area (Å²) in [6.45, 7) is 5.19. The fraction of sp³-hybridized carbons (Fsp3) is 0.250. The number of amides is 2. The molecule has 1 saturated heterocycles. The highest BCUT2D eigenvalue weighted by atomic mass is 16.2. The molecule has 0 bridgehead atoms. The lowest BCUT2D eigenvalue weighted by molar-refractivity contribution is -0.137. The molecule has 172 valence electrons. The van der Waals surface area contributed by atoms with Crippen LogP contribution >= 0.6 is 0 Å². The first kappa shape index (κ1) is 21.9. The maximum absolute atomic E-state index is 13.6. The topological polar surface area (TPSA) is 56.8 Å². The molecule has 1 aromatic heterocycles. The summed E-state index contributed by atoms with van der Waals surface area (Å²) in [7, 11) is 0. The van der Waals surface area contributed by atoms with Crippen LogP contribution < -0.4 is 4.90 Å². The maximum Gasteiger partial charge on any atom is 0.277 e. The number of anilines is 1. The van der Waals surface area contributed by atoms with Crippen LogP contribution in [-0.2, 0) is 16.0 Å². The van der Waals surface area contributed by atoms with E-state index >= 15 is 0 Å². The van der Waals surface area contributed by atoms with E-state index in [-0.39, 0.29) is 11.8 Å². The van der Waals surface area contributed by atoms with Crippen molar-refractivity contribution in [3.05, 3.63) is 101 Å². The van der Waals surface area contributed by atoms with Gasteiger partial charge in [-0.1, -0.05) is 66.2 Å². The van der Waals surface area contributed by atoms with Crippen LogP contribution in [0.5, 0.6) is 0 Å². The molecule has 3 aromatic rings. The lowest BCUT2D eigenvalue weighted by atomic mass is 10.0. The molecule has 3 heterocycles. The number of benzene rings is 2.